The van der Waals surface area contributed by atoms with Crippen molar-refractivity contribution in [1.29, 1.82) is 0 Å². The van der Waals surface area contributed by atoms with E-state index in [4.69, 9.17) is 0 Å². The van der Waals surface area contributed by atoms with Gasteiger partial charge in [0.25, 0.3) is 0 Å². The second kappa shape index (κ2) is 6.37. The SMILES string of the molecule is C=CC=NC(=NC)c1c(F)cccc1I=O. The van der Waals surface area contributed by atoms with Crippen molar-refractivity contribution in [2.24, 2.45) is 9.98 Å². The van der Waals surface area contributed by atoms with Crippen LogP contribution in [0.5, 0.6) is 0 Å². The zero-order valence-corrected chi connectivity index (χ0v) is 10.8. The number of rotatable bonds is 3. The van der Waals surface area contributed by atoms with E-state index >= 15 is 0 Å². The Morgan fingerprint density at radius 3 is 2.88 bits per heavy atom. The molecule has 0 unspecified atom stereocenters. The highest BCUT2D eigenvalue weighted by Crippen LogP contribution is 2.20. The van der Waals surface area contributed by atoms with E-state index in [0.717, 1.165) is 0 Å². The van der Waals surface area contributed by atoms with Gasteiger partial charge in [-0.05, 0) is 12.1 Å². The van der Waals surface area contributed by atoms with Crippen molar-refractivity contribution in [2.75, 3.05) is 7.05 Å². The number of halogens is 2. The molecule has 0 N–H and O–H groups in total. The van der Waals surface area contributed by atoms with Crippen LogP contribution in [0.3, 0.4) is 0 Å². The summed E-state index contributed by atoms with van der Waals surface area (Å²) < 4.78 is 25.1. The van der Waals surface area contributed by atoms with Crippen molar-refractivity contribution in [3.05, 3.63) is 45.8 Å². The first-order chi connectivity index (χ1) is 7.74. The van der Waals surface area contributed by atoms with Crippen molar-refractivity contribution in [2.45, 2.75) is 0 Å². The van der Waals surface area contributed by atoms with Gasteiger partial charge in [0.15, 0.2) is 27.0 Å². The summed E-state index contributed by atoms with van der Waals surface area (Å²) in [5.74, 6) is -0.238. The predicted octanol–water partition coefficient (Wildman–Crippen LogP) is 2.94. The molecule has 0 saturated heterocycles. The molecule has 0 heterocycles. The lowest BCUT2D eigenvalue weighted by Gasteiger charge is -2.03. The maximum atomic E-state index is 13.6. The summed E-state index contributed by atoms with van der Waals surface area (Å²) in [6, 6.07) is 4.44. The van der Waals surface area contributed by atoms with Crippen LogP contribution in [-0.4, -0.2) is 19.1 Å². The van der Waals surface area contributed by atoms with E-state index in [1.807, 2.05) is 0 Å². The fourth-order valence-corrected chi connectivity index (χ4v) is 2.21. The summed E-state index contributed by atoms with van der Waals surface area (Å²) in [5, 5.41) is 0. The Bertz CT molecular complexity index is 469. The van der Waals surface area contributed by atoms with E-state index in [-0.39, 0.29) is 11.4 Å². The summed E-state index contributed by atoms with van der Waals surface area (Å²) in [6.45, 7) is 3.47. The average Bonchev–Trinajstić information content (AvgIpc) is 2.31. The highest BCUT2D eigenvalue weighted by atomic mass is 127. The molecule has 0 aliphatic carbocycles. The molecule has 0 fully saturated rings. The number of aliphatic imine (C=N–C) groups is 2. The van der Waals surface area contributed by atoms with Crippen molar-refractivity contribution in [3.8, 4) is 0 Å². The topological polar surface area (TPSA) is 41.8 Å². The summed E-state index contributed by atoms with van der Waals surface area (Å²) in [7, 11) is 1.51. The average molecular weight is 332 g/mol. The van der Waals surface area contributed by atoms with E-state index in [0.29, 0.717) is 3.57 Å². The molecule has 1 aromatic rings. The predicted molar refractivity (Wildman–Crippen MR) is 71.0 cm³/mol. The summed E-state index contributed by atoms with van der Waals surface area (Å²) in [4.78, 5) is 7.82. The molecule has 0 aromatic heterocycles. The van der Waals surface area contributed by atoms with Crippen LogP contribution in [-0.2, 0) is 3.07 Å². The molecule has 0 atom stereocenters. The molecule has 0 amide bonds. The number of benzene rings is 1. The zero-order valence-electron chi connectivity index (χ0n) is 8.65. The third-order valence-electron chi connectivity index (χ3n) is 1.78. The molecule has 0 aliphatic rings. The van der Waals surface area contributed by atoms with Crippen LogP contribution >= 0.6 is 21.2 Å². The second-order valence-electron chi connectivity index (χ2n) is 2.73. The van der Waals surface area contributed by atoms with Crippen LogP contribution in [0, 0.1) is 9.39 Å². The number of allylic oxidation sites excluding steroid dienone is 1. The van der Waals surface area contributed by atoms with Crippen molar-refractivity contribution in [1.82, 2.24) is 0 Å². The van der Waals surface area contributed by atoms with Gasteiger partial charge in [-0.15, -0.1) is 0 Å². The summed E-state index contributed by atoms with van der Waals surface area (Å²) >= 11 is -1.46. The van der Waals surface area contributed by atoms with Gasteiger partial charge in [0.05, 0.1) is 9.13 Å². The highest BCUT2D eigenvalue weighted by molar-refractivity contribution is 14.1. The van der Waals surface area contributed by atoms with Crippen molar-refractivity contribution in [3.63, 3.8) is 0 Å². The minimum absolute atomic E-state index is 0.214. The Balaban J connectivity index is 3.34. The summed E-state index contributed by atoms with van der Waals surface area (Å²) in [6.07, 6.45) is 2.89. The third kappa shape index (κ3) is 2.88. The molecule has 5 heteroatoms. The number of hydrogen-bond donors (Lipinski definition) is 0. The molecule has 3 nitrogen and oxygen atoms in total. The van der Waals surface area contributed by atoms with E-state index in [1.165, 1.54) is 31.5 Å². The molecule has 0 saturated carbocycles. The molecule has 1 rings (SSSR count). The monoisotopic (exact) mass is 332 g/mol. The van der Waals surface area contributed by atoms with E-state index in [1.54, 1.807) is 6.07 Å². The maximum Gasteiger partial charge on any atom is 0.182 e. The molecule has 16 heavy (non-hydrogen) atoms. The van der Waals surface area contributed by atoms with Gasteiger partial charge in [-0.2, -0.15) is 0 Å². The molecule has 0 bridgehead atoms. The zero-order chi connectivity index (χ0) is 12.0. The molecule has 0 radical (unpaired) electrons. The minimum Gasteiger partial charge on any atom is -0.270 e. The van der Waals surface area contributed by atoms with Crippen LogP contribution in [0.25, 0.3) is 0 Å². The third-order valence-corrected chi connectivity index (χ3v) is 3.16. The molecular formula is C11H10FIN2O. The van der Waals surface area contributed by atoms with Gasteiger partial charge in [-0.25, -0.2) is 9.38 Å². The minimum atomic E-state index is -1.46. The van der Waals surface area contributed by atoms with Crippen LogP contribution in [0.4, 0.5) is 4.39 Å². The fraction of sp³-hybridized carbons (Fsp3) is 0.0909. The number of nitrogens with zero attached hydrogens (tertiary/aromatic N) is 2. The van der Waals surface area contributed by atoms with Crippen LogP contribution < -0.4 is 0 Å². The van der Waals surface area contributed by atoms with Gasteiger partial charge in [0.1, 0.15) is 5.82 Å². The van der Waals surface area contributed by atoms with E-state index < -0.39 is 27.0 Å². The molecule has 0 aliphatic heterocycles. The van der Waals surface area contributed by atoms with Gasteiger partial charge in [-0.3, -0.25) is 8.06 Å². The lowest BCUT2D eigenvalue weighted by atomic mass is 10.2. The smallest absolute Gasteiger partial charge is 0.182 e. The van der Waals surface area contributed by atoms with Crippen LogP contribution in [0.2, 0.25) is 0 Å². The molecular weight excluding hydrogens is 322 g/mol. The van der Waals surface area contributed by atoms with Crippen LogP contribution in [0.15, 0.2) is 40.8 Å². The molecule has 0 spiro atoms. The first-order valence-electron chi connectivity index (χ1n) is 4.42. The highest BCUT2D eigenvalue weighted by Gasteiger charge is 2.13. The van der Waals surface area contributed by atoms with Gasteiger partial charge in [0, 0.05) is 13.3 Å². The second-order valence-corrected chi connectivity index (χ2v) is 4.34. The van der Waals surface area contributed by atoms with E-state index in [2.05, 4.69) is 16.6 Å². The standard InChI is InChI=1S/C11H10FIN2O/c1-3-7-15-11(14-2)10-8(12)5-4-6-9(10)13-16/h3-7H,1H2,2H3. The molecule has 84 valence electrons. The quantitative estimate of drug-likeness (QED) is 0.477. The first kappa shape index (κ1) is 12.8. The first-order valence-corrected chi connectivity index (χ1v) is 6.38. The van der Waals surface area contributed by atoms with Gasteiger partial charge < -0.3 is 0 Å². The Labute approximate surface area is 103 Å². The normalized spacial score (nSPS) is 12.0. The molecule has 1 aromatic carbocycles. The van der Waals surface area contributed by atoms with Gasteiger partial charge in [-0.1, -0.05) is 18.7 Å². The van der Waals surface area contributed by atoms with E-state index in [9.17, 15) is 7.46 Å². The lowest BCUT2D eigenvalue weighted by molar-refractivity contribution is 0.623. The number of hydrogen-bond acceptors (Lipinski definition) is 2. The Kier molecular flexibility index (Phi) is 5.10. The van der Waals surface area contributed by atoms with Gasteiger partial charge in [0.2, 0.25) is 0 Å². The van der Waals surface area contributed by atoms with Crippen molar-refractivity contribution < 1.29 is 7.46 Å². The largest absolute Gasteiger partial charge is 0.270 e. The Morgan fingerprint density at radius 1 is 1.56 bits per heavy atom. The lowest BCUT2D eigenvalue weighted by Crippen LogP contribution is -2.04. The van der Waals surface area contributed by atoms with Gasteiger partial charge >= 0.3 is 0 Å². The van der Waals surface area contributed by atoms with Crippen molar-refractivity contribution >= 4 is 33.2 Å². The Hall–Kier alpha value is -1.24. The maximum absolute atomic E-state index is 13.6. The van der Waals surface area contributed by atoms with Crippen LogP contribution in [0.1, 0.15) is 5.56 Å². The fourth-order valence-electron chi connectivity index (χ4n) is 1.13. The number of amidine groups is 1. The Morgan fingerprint density at radius 2 is 2.31 bits per heavy atom. The summed E-state index contributed by atoms with van der Waals surface area (Å²) in [5.41, 5.74) is 0.214.